The average molecular weight is 212 g/mol. The van der Waals surface area contributed by atoms with Crippen LogP contribution in [0.4, 0.5) is 0 Å². The Labute approximate surface area is 97.8 Å². The monoisotopic (exact) mass is 212 g/mol. The quantitative estimate of drug-likeness (QED) is 0.565. The van der Waals surface area contributed by atoms with Crippen molar-refractivity contribution in [2.24, 2.45) is 35.5 Å². The highest BCUT2D eigenvalue weighted by molar-refractivity contribution is 4.72. The molecule has 0 heterocycles. The summed E-state index contributed by atoms with van der Waals surface area (Å²) in [6, 6.07) is 0. The predicted octanol–water partition coefficient (Wildman–Crippen LogP) is 5.23. The van der Waals surface area contributed by atoms with Crippen LogP contribution < -0.4 is 0 Å². The molecule has 0 N–H and O–H groups in total. The van der Waals surface area contributed by atoms with Gasteiger partial charge in [0.15, 0.2) is 0 Å². The van der Waals surface area contributed by atoms with E-state index < -0.39 is 0 Å². The summed E-state index contributed by atoms with van der Waals surface area (Å²) in [6.07, 6.45) is 1.39. The van der Waals surface area contributed by atoms with Gasteiger partial charge in [-0.15, -0.1) is 0 Å². The summed E-state index contributed by atoms with van der Waals surface area (Å²) in [5.41, 5.74) is 0. The molecule has 92 valence electrons. The normalized spacial score (nSPS) is 20.4. The Morgan fingerprint density at radius 2 is 0.800 bits per heavy atom. The van der Waals surface area contributed by atoms with Gasteiger partial charge in [-0.05, 0) is 41.9 Å². The zero-order valence-corrected chi connectivity index (χ0v) is 12.2. The lowest BCUT2D eigenvalue weighted by Gasteiger charge is -2.30. The van der Waals surface area contributed by atoms with E-state index in [4.69, 9.17) is 0 Å². The number of hydrogen-bond acceptors (Lipinski definition) is 0. The molecule has 0 amide bonds. The van der Waals surface area contributed by atoms with Crippen molar-refractivity contribution in [3.05, 3.63) is 0 Å². The van der Waals surface area contributed by atoms with Gasteiger partial charge < -0.3 is 0 Å². The first kappa shape index (κ1) is 15.0. The Kier molecular flexibility index (Phi) is 6.55. The van der Waals surface area contributed by atoms with Crippen LogP contribution in [0.5, 0.6) is 0 Å². The molecule has 0 aliphatic heterocycles. The summed E-state index contributed by atoms with van der Waals surface area (Å²) >= 11 is 0. The Morgan fingerprint density at radius 1 is 0.533 bits per heavy atom. The predicted molar refractivity (Wildman–Crippen MR) is 70.9 cm³/mol. The first-order valence-corrected chi connectivity index (χ1v) is 6.77. The topological polar surface area (TPSA) is 0 Å². The highest BCUT2D eigenvalue weighted by Crippen LogP contribution is 2.31. The fraction of sp³-hybridized carbons (Fsp3) is 1.00. The maximum absolute atomic E-state index is 2.42. The SMILES string of the molecule is CC(C)C(C)C(C)CC(C)C(C)C(C)C. The Morgan fingerprint density at radius 3 is 1.00 bits per heavy atom. The molecular formula is C15H32. The van der Waals surface area contributed by atoms with Crippen LogP contribution in [-0.2, 0) is 0 Å². The molecule has 0 saturated heterocycles. The molecule has 0 heteroatoms. The highest BCUT2D eigenvalue weighted by atomic mass is 14.3. The van der Waals surface area contributed by atoms with Gasteiger partial charge in [0.05, 0.1) is 0 Å². The van der Waals surface area contributed by atoms with Crippen molar-refractivity contribution in [2.45, 2.75) is 61.8 Å². The second-order valence-electron chi connectivity index (χ2n) is 6.40. The van der Waals surface area contributed by atoms with Crippen molar-refractivity contribution < 1.29 is 0 Å². The fourth-order valence-corrected chi connectivity index (χ4v) is 2.33. The van der Waals surface area contributed by atoms with Gasteiger partial charge in [0.1, 0.15) is 0 Å². The van der Waals surface area contributed by atoms with E-state index in [1.165, 1.54) is 6.42 Å². The van der Waals surface area contributed by atoms with Crippen molar-refractivity contribution in [1.82, 2.24) is 0 Å². The third-order valence-corrected chi connectivity index (χ3v) is 4.64. The largest absolute Gasteiger partial charge is 0.0625 e. The summed E-state index contributed by atoms with van der Waals surface area (Å²) in [5.74, 6) is 5.07. The van der Waals surface area contributed by atoms with Crippen molar-refractivity contribution in [3.63, 3.8) is 0 Å². The van der Waals surface area contributed by atoms with Crippen molar-refractivity contribution in [2.75, 3.05) is 0 Å². The third kappa shape index (κ3) is 5.04. The first-order valence-electron chi connectivity index (χ1n) is 6.77. The molecule has 0 aromatic heterocycles. The van der Waals surface area contributed by atoms with Gasteiger partial charge in [-0.1, -0.05) is 55.4 Å². The molecule has 0 aliphatic carbocycles. The average Bonchev–Trinajstić information content (AvgIpc) is 2.14. The number of hydrogen-bond donors (Lipinski definition) is 0. The zero-order chi connectivity index (χ0) is 12.2. The van der Waals surface area contributed by atoms with E-state index in [0.29, 0.717) is 0 Å². The Balaban J connectivity index is 4.11. The van der Waals surface area contributed by atoms with E-state index in [-0.39, 0.29) is 0 Å². The molecule has 0 saturated carbocycles. The van der Waals surface area contributed by atoms with Gasteiger partial charge in [-0.2, -0.15) is 0 Å². The Hall–Kier alpha value is 0. The fourth-order valence-electron chi connectivity index (χ4n) is 2.33. The van der Waals surface area contributed by atoms with E-state index in [9.17, 15) is 0 Å². The maximum Gasteiger partial charge on any atom is -0.0394 e. The molecule has 0 fully saturated rings. The second-order valence-corrected chi connectivity index (χ2v) is 6.40. The Bertz CT molecular complexity index is 139. The van der Waals surface area contributed by atoms with Crippen molar-refractivity contribution >= 4 is 0 Å². The van der Waals surface area contributed by atoms with Gasteiger partial charge >= 0.3 is 0 Å². The lowest BCUT2D eigenvalue weighted by Crippen LogP contribution is -2.21. The molecule has 15 heavy (non-hydrogen) atoms. The molecule has 0 bridgehead atoms. The van der Waals surface area contributed by atoms with Crippen molar-refractivity contribution in [3.8, 4) is 0 Å². The minimum absolute atomic E-state index is 0.821. The van der Waals surface area contributed by atoms with Gasteiger partial charge in [-0.25, -0.2) is 0 Å². The minimum atomic E-state index is 0.821. The van der Waals surface area contributed by atoms with E-state index in [1.807, 2.05) is 0 Å². The van der Waals surface area contributed by atoms with Gasteiger partial charge in [-0.3, -0.25) is 0 Å². The summed E-state index contributed by atoms with van der Waals surface area (Å²) in [6.45, 7) is 19.0. The van der Waals surface area contributed by atoms with Crippen LogP contribution in [-0.4, -0.2) is 0 Å². The molecule has 0 spiro atoms. The van der Waals surface area contributed by atoms with Crippen LogP contribution in [0.1, 0.15) is 61.8 Å². The second kappa shape index (κ2) is 6.55. The van der Waals surface area contributed by atoms with Gasteiger partial charge in [0, 0.05) is 0 Å². The smallest absolute Gasteiger partial charge is 0.0394 e. The van der Waals surface area contributed by atoms with Gasteiger partial charge in [0.2, 0.25) is 0 Å². The maximum atomic E-state index is 2.42. The van der Waals surface area contributed by atoms with Crippen molar-refractivity contribution in [1.29, 1.82) is 0 Å². The third-order valence-electron chi connectivity index (χ3n) is 4.64. The summed E-state index contributed by atoms with van der Waals surface area (Å²) < 4.78 is 0. The molecule has 4 unspecified atom stereocenters. The molecule has 0 aromatic carbocycles. The highest BCUT2D eigenvalue weighted by Gasteiger charge is 2.22. The zero-order valence-electron chi connectivity index (χ0n) is 12.2. The van der Waals surface area contributed by atoms with E-state index in [2.05, 4.69) is 55.4 Å². The molecular weight excluding hydrogens is 180 g/mol. The van der Waals surface area contributed by atoms with Crippen LogP contribution in [0.25, 0.3) is 0 Å². The molecule has 0 rings (SSSR count). The summed E-state index contributed by atoms with van der Waals surface area (Å²) in [5, 5.41) is 0. The standard InChI is InChI=1S/C15H32/c1-10(2)14(7)12(5)9-13(6)15(8)11(3)4/h10-15H,9H2,1-8H3. The van der Waals surface area contributed by atoms with Crippen LogP contribution >= 0.6 is 0 Å². The van der Waals surface area contributed by atoms with Crippen LogP contribution in [0.3, 0.4) is 0 Å². The first-order chi connectivity index (χ1) is 6.77. The van der Waals surface area contributed by atoms with Crippen LogP contribution in [0, 0.1) is 35.5 Å². The van der Waals surface area contributed by atoms with E-state index >= 15 is 0 Å². The molecule has 0 aromatic rings. The molecule has 0 radical (unpaired) electrons. The lowest BCUT2D eigenvalue weighted by molar-refractivity contribution is 0.199. The molecule has 0 nitrogen and oxygen atoms in total. The minimum Gasteiger partial charge on any atom is -0.0625 e. The molecule has 0 aliphatic rings. The van der Waals surface area contributed by atoms with Crippen LogP contribution in [0.2, 0.25) is 0 Å². The molecule has 4 atom stereocenters. The number of rotatable bonds is 6. The summed E-state index contributed by atoms with van der Waals surface area (Å²) in [4.78, 5) is 0. The summed E-state index contributed by atoms with van der Waals surface area (Å²) in [7, 11) is 0. The lowest BCUT2D eigenvalue weighted by atomic mass is 9.76. The van der Waals surface area contributed by atoms with E-state index in [0.717, 1.165) is 35.5 Å². The van der Waals surface area contributed by atoms with Crippen LogP contribution in [0.15, 0.2) is 0 Å². The van der Waals surface area contributed by atoms with Gasteiger partial charge in [0.25, 0.3) is 0 Å². The van der Waals surface area contributed by atoms with E-state index in [1.54, 1.807) is 0 Å².